The molecule has 0 radical (unpaired) electrons. The molecule has 3 aromatic rings. The predicted molar refractivity (Wildman–Crippen MR) is 147 cm³/mol. The molecule has 2 N–H and O–H groups in total. The number of piperidine rings is 1. The first-order chi connectivity index (χ1) is 18.4. The van der Waals surface area contributed by atoms with Crippen LogP contribution in [-0.4, -0.2) is 46.5 Å². The van der Waals surface area contributed by atoms with Crippen molar-refractivity contribution in [2.45, 2.75) is 58.2 Å². The van der Waals surface area contributed by atoms with Crippen molar-refractivity contribution in [1.82, 2.24) is 9.88 Å². The van der Waals surface area contributed by atoms with Crippen LogP contribution in [0.25, 0.3) is 11.1 Å². The van der Waals surface area contributed by atoms with Gasteiger partial charge >= 0.3 is 0 Å². The maximum Gasteiger partial charge on any atom is 0.290 e. The topological polar surface area (TPSA) is 85.8 Å². The highest BCUT2D eigenvalue weighted by Crippen LogP contribution is 2.41. The van der Waals surface area contributed by atoms with Gasteiger partial charge in [0.2, 0.25) is 5.91 Å². The lowest BCUT2D eigenvalue weighted by Gasteiger charge is -2.39. The molecule has 3 heterocycles. The summed E-state index contributed by atoms with van der Waals surface area (Å²) in [6.45, 7) is 6.81. The molecule has 0 spiro atoms. The maximum absolute atomic E-state index is 13.4. The Morgan fingerprint density at radius 2 is 1.76 bits per heavy atom. The Kier molecular flexibility index (Phi) is 9.07. The highest BCUT2D eigenvalue weighted by molar-refractivity contribution is 5.94. The van der Waals surface area contributed by atoms with Crippen LogP contribution in [0.3, 0.4) is 0 Å². The monoisotopic (exact) mass is 518 g/mol. The number of halogens is 1. The van der Waals surface area contributed by atoms with Crippen LogP contribution in [0, 0.1) is 5.82 Å². The summed E-state index contributed by atoms with van der Waals surface area (Å²) < 4.78 is 13.4. The molecule has 1 amide bonds. The fourth-order valence-corrected chi connectivity index (χ4v) is 5.48. The van der Waals surface area contributed by atoms with Gasteiger partial charge in [0, 0.05) is 25.2 Å². The number of carbonyl (C=O) groups excluding carboxylic acids is 1. The van der Waals surface area contributed by atoms with Gasteiger partial charge in [-0.3, -0.25) is 14.5 Å². The van der Waals surface area contributed by atoms with Crippen LogP contribution in [0.4, 0.5) is 15.9 Å². The fraction of sp³-hybridized carbons (Fsp3) is 0.367. The summed E-state index contributed by atoms with van der Waals surface area (Å²) in [5, 5.41) is 10.4. The van der Waals surface area contributed by atoms with Gasteiger partial charge in [-0.25, -0.2) is 9.37 Å². The summed E-state index contributed by atoms with van der Waals surface area (Å²) in [5.41, 5.74) is 5.58. The summed E-state index contributed by atoms with van der Waals surface area (Å²) in [7, 11) is 0. The van der Waals surface area contributed by atoms with E-state index in [2.05, 4.69) is 64.6 Å². The average molecular weight is 519 g/mol. The van der Waals surface area contributed by atoms with Gasteiger partial charge in [-0.15, -0.1) is 0 Å². The molecule has 2 aromatic carbocycles. The van der Waals surface area contributed by atoms with E-state index in [1.54, 1.807) is 13.0 Å². The lowest BCUT2D eigenvalue weighted by Crippen LogP contribution is -2.43. The third kappa shape index (κ3) is 6.55. The van der Waals surface area contributed by atoms with Gasteiger partial charge in [0.25, 0.3) is 6.47 Å². The van der Waals surface area contributed by atoms with Gasteiger partial charge in [0.1, 0.15) is 11.6 Å². The van der Waals surface area contributed by atoms with Crippen molar-refractivity contribution in [1.29, 1.82) is 0 Å². The first-order valence-corrected chi connectivity index (χ1v) is 13.1. The molecule has 2 unspecified atom stereocenters. The van der Waals surface area contributed by atoms with Gasteiger partial charge < -0.3 is 15.3 Å². The zero-order chi connectivity index (χ0) is 27.1. The molecule has 0 bridgehead atoms. The molecular weight excluding hydrogens is 483 g/mol. The molecule has 2 aliphatic heterocycles. The molecular formula is C30H35FN4O3. The molecule has 2 atom stereocenters. The molecule has 8 heteroatoms. The van der Waals surface area contributed by atoms with Crippen molar-refractivity contribution >= 4 is 23.9 Å². The number of carboxylic acid groups (broad SMARTS) is 1. The molecule has 7 nitrogen and oxygen atoms in total. The molecule has 0 saturated carbocycles. The summed E-state index contributed by atoms with van der Waals surface area (Å²) in [5.74, 6) is 0.298. The van der Waals surface area contributed by atoms with E-state index in [-0.39, 0.29) is 30.3 Å². The number of nitrogens with zero attached hydrogens (tertiary/aromatic N) is 3. The number of nitrogens with one attached hydrogen (secondary N) is 1. The third-order valence-electron chi connectivity index (χ3n) is 7.21. The molecule has 5 rings (SSSR count). The van der Waals surface area contributed by atoms with E-state index in [1.165, 1.54) is 50.2 Å². The van der Waals surface area contributed by atoms with Crippen LogP contribution in [0.2, 0.25) is 0 Å². The van der Waals surface area contributed by atoms with Gasteiger partial charge in [0.05, 0.1) is 12.2 Å². The SMILES string of the molecule is CC(=O)N1c2ccc(-c3ccc(CN4CCCCC4)cc3)cc2C(Nc2ccc(F)cn2)CC1C.O=CO. The van der Waals surface area contributed by atoms with Crippen LogP contribution in [0.15, 0.2) is 60.8 Å². The van der Waals surface area contributed by atoms with Crippen molar-refractivity contribution in [3.63, 3.8) is 0 Å². The largest absolute Gasteiger partial charge is 0.483 e. The Morgan fingerprint density at radius 1 is 1.08 bits per heavy atom. The van der Waals surface area contributed by atoms with E-state index in [9.17, 15) is 9.18 Å². The minimum Gasteiger partial charge on any atom is -0.483 e. The van der Waals surface area contributed by atoms with Crippen LogP contribution >= 0.6 is 0 Å². The number of amides is 1. The Labute approximate surface area is 223 Å². The van der Waals surface area contributed by atoms with Crippen molar-refractivity contribution < 1.29 is 19.1 Å². The number of aromatic nitrogens is 1. The van der Waals surface area contributed by atoms with Crippen LogP contribution in [0.5, 0.6) is 0 Å². The van der Waals surface area contributed by atoms with Crippen molar-refractivity contribution in [2.24, 2.45) is 0 Å². The Morgan fingerprint density at radius 3 is 2.39 bits per heavy atom. The standard InChI is InChI=1S/C29H33FN4O.CH2O2/c1-20-16-27(32-29-13-11-25(30)18-31-29)26-17-24(10-12-28(26)34(20)21(2)35)23-8-6-22(7-9-23)19-33-14-4-3-5-15-33;2-1-3/h6-13,17-18,20,27H,3-5,14-16,19H2,1-2H3,(H,31,32);1H,(H,2,3). The van der Waals surface area contributed by atoms with Gasteiger partial charge in [-0.05, 0) is 85.8 Å². The fourth-order valence-electron chi connectivity index (χ4n) is 5.48. The molecule has 0 aliphatic carbocycles. The van der Waals surface area contributed by atoms with E-state index >= 15 is 0 Å². The Bertz CT molecular complexity index is 1230. The number of hydrogen-bond donors (Lipinski definition) is 2. The molecule has 1 aromatic heterocycles. The van der Waals surface area contributed by atoms with E-state index in [4.69, 9.17) is 9.90 Å². The zero-order valence-electron chi connectivity index (χ0n) is 21.9. The number of hydrogen-bond acceptors (Lipinski definition) is 5. The first kappa shape index (κ1) is 27.3. The number of fused-ring (bicyclic) bond motifs is 1. The van der Waals surface area contributed by atoms with Crippen molar-refractivity contribution in [3.8, 4) is 11.1 Å². The Balaban J connectivity index is 0.00000107. The maximum atomic E-state index is 13.4. The van der Waals surface area contributed by atoms with Crippen molar-refractivity contribution in [2.75, 3.05) is 23.3 Å². The van der Waals surface area contributed by atoms with E-state index < -0.39 is 0 Å². The number of rotatable bonds is 5. The summed E-state index contributed by atoms with van der Waals surface area (Å²) in [4.78, 5) is 29.4. The van der Waals surface area contributed by atoms with Gasteiger partial charge in [-0.2, -0.15) is 0 Å². The number of carbonyl (C=O) groups is 2. The predicted octanol–water partition coefficient (Wildman–Crippen LogP) is 5.87. The van der Waals surface area contributed by atoms with E-state index in [0.29, 0.717) is 5.82 Å². The van der Waals surface area contributed by atoms with Crippen LogP contribution < -0.4 is 10.2 Å². The number of benzene rings is 2. The van der Waals surface area contributed by atoms with Crippen LogP contribution in [0.1, 0.15) is 56.7 Å². The Hall–Kier alpha value is -3.78. The number of pyridine rings is 1. The zero-order valence-corrected chi connectivity index (χ0v) is 21.9. The second-order valence-electron chi connectivity index (χ2n) is 9.95. The summed E-state index contributed by atoms with van der Waals surface area (Å²) in [6, 6.07) is 18.2. The van der Waals surface area contributed by atoms with Gasteiger partial charge in [0.15, 0.2) is 0 Å². The van der Waals surface area contributed by atoms with E-state index in [0.717, 1.165) is 35.3 Å². The smallest absolute Gasteiger partial charge is 0.290 e. The van der Waals surface area contributed by atoms with Gasteiger partial charge in [-0.1, -0.05) is 36.8 Å². The van der Waals surface area contributed by atoms with E-state index in [1.807, 2.05) is 4.90 Å². The average Bonchev–Trinajstić information content (AvgIpc) is 2.91. The van der Waals surface area contributed by atoms with Crippen LogP contribution in [-0.2, 0) is 16.1 Å². The highest BCUT2D eigenvalue weighted by Gasteiger charge is 2.32. The lowest BCUT2D eigenvalue weighted by atomic mass is 9.89. The number of likely N-dealkylation sites (tertiary alicyclic amines) is 1. The second-order valence-corrected chi connectivity index (χ2v) is 9.95. The molecule has 1 fully saturated rings. The minimum atomic E-state index is -0.360. The normalized spacial score (nSPS) is 19.1. The summed E-state index contributed by atoms with van der Waals surface area (Å²) >= 11 is 0. The molecule has 200 valence electrons. The summed E-state index contributed by atoms with van der Waals surface area (Å²) in [6.07, 6.45) is 5.90. The first-order valence-electron chi connectivity index (χ1n) is 13.1. The second kappa shape index (κ2) is 12.6. The lowest BCUT2D eigenvalue weighted by molar-refractivity contribution is -0.123. The highest BCUT2D eigenvalue weighted by atomic mass is 19.1. The molecule has 38 heavy (non-hydrogen) atoms. The molecule has 1 saturated heterocycles. The minimum absolute atomic E-state index is 0.0342. The molecule has 2 aliphatic rings. The quantitative estimate of drug-likeness (QED) is 0.411. The van der Waals surface area contributed by atoms with Crippen molar-refractivity contribution in [3.05, 3.63) is 77.7 Å². The third-order valence-corrected chi connectivity index (χ3v) is 7.21. The number of anilines is 2.